The lowest BCUT2D eigenvalue weighted by Gasteiger charge is -2.29. The Morgan fingerprint density at radius 1 is 1.00 bits per heavy atom. The standard InChI is InChI=1S/C30H29N5O4S/c1-38-25-11-4-3-8-22(25)32-26(36)16-19-35-28(27(33-30(35)40)23-9-5-6-17-31-23)24-10-7-18-34(24)21-14-12-20(13-15-21)29(37)39-2/h3-15,17-18,27-28H,16,19H2,1-2H3,(H,32,36)(H,33,40)/t27-,28+/m1/s1. The molecule has 1 aliphatic rings. The first-order valence-corrected chi connectivity index (χ1v) is 13.2. The maximum Gasteiger partial charge on any atom is 0.337 e. The number of carbonyl (C=O) groups excluding carboxylic acids is 2. The van der Waals surface area contributed by atoms with Crippen LogP contribution in [0.3, 0.4) is 0 Å². The molecule has 0 unspecified atom stereocenters. The van der Waals surface area contributed by atoms with Gasteiger partial charge in [-0.3, -0.25) is 9.78 Å². The number of rotatable bonds is 9. The Bertz CT molecular complexity index is 1510. The van der Waals surface area contributed by atoms with Crippen LogP contribution in [0.5, 0.6) is 5.75 Å². The minimum atomic E-state index is -0.391. The fourth-order valence-corrected chi connectivity index (χ4v) is 5.23. The third-order valence-corrected chi connectivity index (χ3v) is 7.16. The van der Waals surface area contributed by atoms with E-state index in [-0.39, 0.29) is 24.4 Å². The smallest absolute Gasteiger partial charge is 0.337 e. The van der Waals surface area contributed by atoms with E-state index in [1.54, 1.807) is 37.6 Å². The highest BCUT2D eigenvalue weighted by Crippen LogP contribution is 2.39. The predicted molar refractivity (Wildman–Crippen MR) is 156 cm³/mol. The molecule has 9 nitrogen and oxygen atoms in total. The number of para-hydroxylation sites is 2. The van der Waals surface area contributed by atoms with Crippen LogP contribution in [0.1, 0.15) is 40.3 Å². The summed E-state index contributed by atoms with van der Waals surface area (Å²) in [5.74, 6) is 0.0527. The van der Waals surface area contributed by atoms with E-state index in [0.717, 1.165) is 17.1 Å². The fraction of sp³-hybridized carbons (Fsp3) is 0.200. The van der Waals surface area contributed by atoms with E-state index in [4.69, 9.17) is 21.7 Å². The van der Waals surface area contributed by atoms with Crippen molar-refractivity contribution in [3.8, 4) is 11.4 Å². The van der Waals surface area contributed by atoms with Crippen LogP contribution in [-0.4, -0.2) is 52.2 Å². The van der Waals surface area contributed by atoms with Crippen molar-refractivity contribution in [1.29, 1.82) is 0 Å². The van der Waals surface area contributed by atoms with Gasteiger partial charge >= 0.3 is 5.97 Å². The number of carbonyl (C=O) groups is 2. The van der Waals surface area contributed by atoms with E-state index in [9.17, 15) is 9.59 Å². The molecule has 204 valence electrons. The molecule has 1 saturated heterocycles. The molecule has 2 aromatic carbocycles. The predicted octanol–water partition coefficient (Wildman–Crippen LogP) is 4.67. The van der Waals surface area contributed by atoms with Crippen molar-refractivity contribution in [3.63, 3.8) is 0 Å². The van der Waals surface area contributed by atoms with Crippen LogP contribution in [0.15, 0.2) is 91.3 Å². The lowest BCUT2D eigenvalue weighted by atomic mass is 10.0. The maximum atomic E-state index is 13.0. The number of benzene rings is 2. The first-order chi connectivity index (χ1) is 19.5. The molecule has 1 fully saturated rings. The summed E-state index contributed by atoms with van der Waals surface area (Å²) in [5, 5.41) is 6.91. The number of hydrogen-bond donors (Lipinski definition) is 2. The molecule has 0 saturated carbocycles. The Morgan fingerprint density at radius 2 is 1.77 bits per heavy atom. The number of ether oxygens (including phenoxy) is 2. The van der Waals surface area contributed by atoms with Crippen molar-refractivity contribution in [1.82, 2.24) is 19.8 Å². The normalized spacial score (nSPS) is 16.4. The van der Waals surface area contributed by atoms with Gasteiger partial charge in [-0.05, 0) is 72.9 Å². The van der Waals surface area contributed by atoms with Crippen LogP contribution in [0.2, 0.25) is 0 Å². The summed E-state index contributed by atoms with van der Waals surface area (Å²) >= 11 is 5.78. The summed E-state index contributed by atoms with van der Waals surface area (Å²) < 4.78 is 12.3. The number of anilines is 1. The Balaban J connectivity index is 1.43. The Hall–Kier alpha value is -4.70. The van der Waals surface area contributed by atoms with Crippen LogP contribution < -0.4 is 15.4 Å². The van der Waals surface area contributed by atoms with Crippen LogP contribution in [0.4, 0.5) is 5.69 Å². The number of esters is 1. The van der Waals surface area contributed by atoms with Crippen molar-refractivity contribution in [2.75, 3.05) is 26.1 Å². The number of nitrogens with one attached hydrogen (secondary N) is 2. The van der Waals surface area contributed by atoms with Gasteiger partial charge in [0.25, 0.3) is 0 Å². The second-order valence-corrected chi connectivity index (χ2v) is 9.55. The fourth-order valence-electron chi connectivity index (χ4n) is 4.90. The zero-order valence-corrected chi connectivity index (χ0v) is 22.9. The molecule has 0 spiro atoms. The topological polar surface area (TPSA) is 97.7 Å². The summed E-state index contributed by atoms with van der Waals surface area (Å²) in [6.45, 7) is 0.382. The van der Waals surface area contributed by atoms with Gasteiger partial charge in [0.05, 0.1) is 43.2 Å². The molecule has 1 amide bonds. The molecule has 5 rings (SSSR count). The average Bonchev–Trinajstić information content (AvgIpc) is 3.60. The van der Waals surface area contributed by atoms with Gasteiger partial charge in [0, 0.05) is 36.7 Å². The van der Waals surface area contributed by atoms with Crippen molar-refractivity contribution in [3.05, 3.63) is 108 Å². The number of hydrogen-bond acceptors (Lipinski definition) is 6. The molecule has 0 bridgehead atoms. The SMILES string of the molecule is COC(=O)c1ccc(-n2cccc2[C@H]2[C@@H](c3ccccn3)NC(=S)N2CCC(=O)Nc2ccccc2OC)cc1. The van der Waals surface area contributed by atoms with Gasteiger partial charge in [0.15, 0.2) is 5.11 Å². The molecule has 3 heterocycles. The summed E-state index contributed by atoms with van der Waals surface area (Å²) in [7, 11) is 2.93. The summed E-state index contributed by atoms with van der Waals surface area (Å²) in [5.41, 5.74) is 3.75. The zero-order chi connectivity index (χ0) is 28.1. The van der Waals surface area contributed by atoms with Gasteiger partial charge < -0.3 is 29.6 Å². The van der Waals surface area contributed by atoms with E-state index in [2.05, 4.69) is 20.2 Å². The third-order valence-electron chi connectivity index (χ3n) is 6.81. The van der Waals surface area contributed by atoms with E-state index in [0.29, 0.717) is 28.7 Å². The number of aromatic nitrogens is 2. The lowest BCUT2D eigenvalue weighted by Crippen LogP contribution is -2.33. The quantitative estimate of drug-likeness (QED) is 0.227. The molecule has 0 aliphatic carbocycles. The highest BCUT2D eigenvalue weighted by atomic mass is 32.1. The third kappa shape index (κ3) is 5.52. The van der Waals surface area contributed by atoms with Crippen LogP contribution in [-0.2, 0) is 9.53 Å². The van der Waals surface area contributed by atoms with Gasteiger partial charge in [0.1, 0.15) is 5.75 Å². The molecular formula is C30H29N5O4S. The van der Waals surface area contributed by atoms with E-state index in [1.807, 2.05) is 65.7 Å². The van der Waals surface area contributed by atoms with Crippen molar-refractivity contribution in [2.45, 2.75) is 18.5 Å². The summed E-state index contributed by atoms with van der Waals surface area (Å²) in [4.78, 5) is 31.5. The second kappa shape index (κ2) is 12.0. The van der Waals surface area contributed by atoms with Crippen LogP contribution in [0, 0.1) is 0 Å². The van der Waals surface area contributed by atoms with Gasteiger partial charge in [0.2, 0.25) is 5.91 Å². The highest BCUT2D eigenvalue weighted by molar-refractivity contribution is 7.80. The van der Waals surface area contributed by atoms with Gasteiger partial charge in [-0.1, -0.05) is 18.2 Å². The van der Waals surface area contributed by atoms with Gasteiger partial charge in [-0.15, -0.1) is 0 Å². The van der Waals surface area contributed by atoms with E-state index in [1.165, 1.54) is 7.11 Å². The van der Waals surface area contributed by atoms with Crippen LogP contribution in [0.25, 0.3) is 5.69 Å². The Morgan fingerprint density at radius 3 is 2.50 bits per heavy atom. The van der Waals surface area contributed by atoms with Gasteiger partial charge in [-0.2, -0.15) is 0 Å². The largest absolute Gasteiger partial charge is 0.495 e. The highest BCUT2D eigenvalue weighted by Gasteiger charge is 2.41. The monoisotopic (exact) mass is 555 g/mol. The molecule has 4 aromatic rings. The Kier molecular flexibility index (Phi) is 8.07. The van der Waals surface area contributed by atoms with Gasteiger partial charge in [-0.25, -0.2) is 4.79 Å². The molecule has 2 aromatic heterocycles. The first kappa shape index (κ1) is 26.9. The molecule has 40 heavy (non-hydrogen) atoms. The number of thiocarbonyl (C=S) groups is 1. The minimum absolute atomic E-state index is 0.152. The zero-order valence-electron chi connectivity index (χ0n) is 22.1. The molecule has 2 N–H and O–H groups in total. The summed E-state index contributed by atoms with van der Waals surface area (Å²) in [6.07, 6.45) is 3.93. The summed E-state index contributed by atoms with van der Waals surface area (Å²) in [6, 6.07) is 23.8. The molecule has 2 atom stereocenters. The first-order valence-electron chi connectivity index (χ1n) is 12.8. The van der Waals surface area contributed by atoms with Crippen LogP contribution >= 0.6 is 12.2 Å². The number of nitrogens with zero attached hydrogens (tertiary/aromatic N) is 3. The van der Waals surface area contributed by atoms with Crippen molar-refractivity contribution >= 4 is 34.9 Å². The molecule has 10 heteroatoms. The van der Waals surface area contributed by atoms with Crippen molar-refractivity contribution in [2.24, 2.45) is 0 Å². The minimum Gasteiger partial charge on any atom is -0.495 e. The number of amides is 1. The lowest BCUT2D eigenvalue weighted by molar-refractivity contribution is -0.116. The average molecular weight is 556 g/mol. The second-order valence-electron chi connectivity index (χ2n) is 9.16. The number of pyridine rings is 1. The maximum absolute atomic E-state index is 13.0. The Labute approximate surface area is 237 Å². The molecule has 1 aliphatic heterocycles. The van der Waals surface area contributed by atoms with E-state index < -0.39 is 5.97 Å². The van der Waals surface area contributed by atoms with E-state index >= 15 is 0 Å². The molecular weight excluding hydrogens is 526 g/mol. The van der Waals surface area contributed by atoms with Crippen molar-refractivity contribution < 1.29 is 19.1 Å². The number of methoxy groups -OCH3 is 2. The molecule has 0 radical (unpaired) electrons.